The fraction of sp³-hybridized carbons (Fsp3) is 0.294. The Morgan fingerprint density at radius 3 is 2.80 bits per heavy atom. The number of hydrogen-bond donors (Lipinski definition) is 1. The number of esters is 1. The van der Waals surface area contributed by atoms with Crippen LogP contribution in [0.1, 0.15) is 27.5 Å². The lowest BCUT2D eigenvalue weighted by Gasteiger charge is -2.14. The van der Waals surface area contributed by atoms with E-state index in [2.05, 4.69) is 0 Å². The molecular weight excluding hydrogens is 362 g/mol. The largest absolute Gasteiger partial charge is 0.544 e. The number of carboxylic acid groups (broad SMARTS) is 1. The molecule has 2 aromatic rings. The summed E-state index contributed by atoms with van der Waals surface area (Å²) in [5.74, 6) is -0.171. The number of aliphatic carboxylic acids is 1. The highest BCUT2D eigenvalue weighted by Crippen LogP contribution is 2.35. The van der Waals surface area contributed by atoms with Gasteiger partial charge in [-0.05, 0) is 36.6 Å². The third kappa shape index (κ3) is 4.15. The van der Waals surface area contributed by atoms with Crippen molar-refractivity contribution in [2.24, 2.45) is 0 Å². The first-order valence-corrected chi connectivity index (χ1v) is 9.71. The van der Waals surface area contributed by atoms with Gasteiger partial charge in [0, 0.05) is 5.56 Å². The van der Waals surface area contributed by atoms with Gasteiger partial charge in [0.25, 0.3) is 0 Å². The summed E-state index contributed by atoms with van der Waals surface area (Å²) in [6, 6.07) is 8.24. The Morgan fingerprint density at radius 1 is 1.32 bits per heavy atom. The molecule has 0 radical (unpaired) electrons. The minimum absolute atomic E-state index is 0.0517. The molecule has 1 saturated heterocycles. The zero-order valence-corrected chi connectivity index (χ0v) is 15.1. The molecule has 0 saturated carbocycles. The Kier molecular flexibility index (Phi) is 5.62. The second-order valence-corrected chi connectivity index (χ2v) is 7.50. The molecule has 2 N–H and O–H groups in total. The number of ether oxygens (including phenoxy) is 2. The molecule has 0 amide bonds. The van der Waals surface area contributed by atoms with E-state index in [1.807, 2.05) is 18.4 Å². The maximum atomic E-state index is 12.1. The van der Waals surface area contributed by atoms with Crippen molar-refractivity contribution in [1.29, 1.82) is 0 Å². The molecule has 25 heavy (non-hydrogen) atoms. The molecule has 0 bridgehead atoms. The molecule has 1 aliphatic rings. The van der Waals surface area contributed by atoms with Gasteiger partial charge in [-0.2, -0.15) is 0 Å². The Balaban J connectivity index is 1.78. The van der Waals surface area contributed by atoms with Crippen molar-refractivity contribution in [3.63, 3.8) is 0 Å². The Morgan fingerprint density at radius 2 is 2.16 bits per heavy atom. The van der Waals surface area contributed by atoms with Crippen molar-refractivity contribution in [2.75, 3.05) is 12.4 Å². The number of carboxylic acids is 1. The summed E-state index contributed by atoms with van der Waals surface area (Å²) in [7, 11) is 0. The molecule has 0 unspecified atom stereocenters. The molecule has 3 rings (SSSR count). The Labute approximate surface area is 153 Å². The van der Waals surface area contributed by atoms with E-state index < -0.39 is 18.0 Å². The number of carbonyl (C=O) groups excluding carboxylic acids is 2. The number of hydrogen-bond acceptors (Lipinski definition) is 7. The second-order valence-electron chi connectivity index (χ2n) is 5.38. The maximum absolute atomic E-state index is 12.1. The van der Waals surface area contributed by atoms with Crippen molar-refractivity contribution in [1.82, 2.24) is 0 Å². The maximum Gasteiger partial charge on any atom is 0.353 e. The van der Waals surface area contributed by atoms with E-state index in [9.17, 15) is 14.7 Å². The van der Waals surface area contributed by atoms with Gasteiger partial charge in [0.05, 0.1) is 12.4 Å². The van der Waals surface area contributed by atoms with E-state index in [1.54, 1.807) is 29.6 Å². The molecular formula is C17H17NO5S2. The van der Waals surface area contributed by atoms with E-state index in [-0.39, 0.29) is 5.37 Å². The summed E-state index contributed by atoms with van der Waals surface area (Å²) < 4.78 is 11.0. The Hall–Kier alpha value is -2.03. The normalized spacial score (nSPS) is 19.6. The molecule has 8 heteroatoms. The van der Waals surface area contributed by atoms with Crippen LogP contribution in [0.15, 0.2) is 35.7 Å². The topological polar surface area (TPSA) is 92.3 Å². The quantitative estimate of drug-likeness (QED) is 0.589. The summed E-state index contributed by atoms with van der Waals surface area (Å²) in [6.07, 6.45) is 0. The number of nitrogens with two attached hydrogens (primary N) is 1. The van der Waals surface area contributed by atoms with Crippen LogP contribution in [0.2, 0.25) is 0 Å². The van der Waals surface area contributed by atoms with E-state index in [4.69, 9.17) is 9.47 Å². The van der Waals surface area contributed by atoms with Gasteiger partial charge in [0.2, 0.25) is 0 Å². The average molecular weight is 379 g/mol. The minimum Gasteiger partial charge on any atom is -0.544 e. The average Bonchev–Trinajstić information content (AvgIpc) is 3.28. The summed E-state index contributed by atoms with van der Waals surface area (Å²) in [5.41, 5.74) is 0.910. The van der Waals surface area contributed by atoms with Crippen LogP contribution in [-0.4, -0.2) is 30.3 Å². The molecule has 132 valence electrons. The zero-order valence-electron chi connectivity index (χ0n) is 13.5. The molecule has 1 aromatic carbocycles. The van der Waals surface area contributed by atoms with Crippen molar-refractivity contribution < 1.29 is 29.5 Å². The second kappa shape index (κ2) is 7.90. The van der Waals surface area contributed by atoms with Crippen molar-refractivity contribution >= 4 is 35.0 Å². The molecule has 6 nitrogen and oxygen atoms in total. The fourth-order valence-corrected chi connectivity index (χ4v) is 4.38. The molecule has 1 aromatic heterocycles. The van der Waals surface area contributed by atoms with Gasteiger partial charge in [-0.15, -0.1) is 11.3 Å². The van der Waals surface area contributed by atoms with Crippen LogP contribution in [0.3, 0.4) is 0 Å². The highest BCUT2D eigenvalue weighted by Gasteiger charge is 2.31. The molecule has 1 fully saturated rings. The van der Waals surface area contributed by atoms with Crippen LogP contribution in [0.5, 0.6) is 11.5 Å². The van der Waals surface area contributed by atoms with Gasteiger partial charge in [0.15, 0.2) is 16.9 Å². The van der Waals surface area contributed by atoms with Crippen LogP contribution < -0.4 is 19.9 Å². The van der Waals surface area contributed by atoms with Crippen LogP contribution in [0.25, 0.3) is 0 Å². The molecule has 0 aliphatic carbocycles. The summed E-state index contributed by atoms with van der Waals surface area (Å²) in [6.45, 7) is 2.27. The van der Waals surface area contributed by atoms with E-state index in [0.717, 1.165) is 5.56 Å². The van der Waals surface area contributed by atoms with E-state index >= 15 is 0 Å². The van der Waals surface area contributed by atoms with E-state index in [1.165, 1.54) is 23.1 Å². The number of thiophene rings is 1. The molecule has 2 heterocycles. The summed E-state index contributed by atoms with van der Waals surface area (Å²) >= 11 is 2.85. The van der Waals surface area contributed by atoms with Crippen molar-refractivity contribution in [3.05, 3.63) is 46.2 Å². The van der Waals surface area contributed by atoms with Crippen LogP contribution in [0.4, 0.5) is 0 Å². The number of carbonyl (C=O) groups is 2. The number of thioether (sulfide) groups is 1. The first kappa shape index (κ1) is 17.8. The van der Waals surface area contributed by atoms with Gasteiger partial charge in [-0.3, -0.25) is 0 Å². The first-order chi connectivity index (χ1) is 12.1. The van der Waals surface area contributed by atoms with Crippen LogP contribution >= 0.6 is 23.1 Å². The number of benzene rings is 1. The third-order valence-electron chi connectivity index (χ3n) is 3.69. The predicted octanol–water partition coefficient (Wildman–Crippen LogP) is 0.793. The Bertz CT molecular complexity index is 762. The molecule has 1 aliphatic heterocycles. The summed E-state index contributed by atoms with van der Waals surface area (Å²) in [4.78, 5) is 23.7. The van der Waals surface area contributed by atoms with Crippen molar-refractivity contribution in [2.45, 2.75) is 18.3 Å². The van der Waals surface area contributed by atoms with E-state index in [0.29, 0.717) is 28.7 Å². The summed E-state index contributed by atoms with van der Waals surface area (Å²) in [5, 5.41) is 14.5. The number of quaternary nitrogens is 1. The lowest BCUT2D eigenvalue weighted by Crippen LogP contribution is -2.90. The standard InChI is InChI=1S/C17H17NO5S2/c1-2-22-13-8-10(15-18-11(9-25-15)16(19)20)5-6-12(13)23-17(21)14-4-3-7-24-14/h3-8,11,15,18H,2,9H2,1H3,(H,19,20)/t11-,15+/m1/s1. The minimum atomic E-state index is -1.05. The van der Waals surface area contributed by atoms with Gasteiger partial charge < -0.3 is 24.7 Å². The van der Waals surface area contributed by atoms with Gasteiger partial charge in [0.1, 0.15) is 16.9 Å². The number of rotatable bonds is 6. The van der Waals surface area contributed by atoms with Gasteiger partial charge in [-0.1, -0.05) is 17.8 Å². The predicted molar refractivity (Wildman–Crippen MR) is 92.8 cm³/mol. The lowest BCUT2D eigenvalue weighted by atomic mass is 10.2. The molecule has 2 atom stereocenters. The highest BCUT2D eigenvalue weighted by molar-refractivity contribution is 7.99. The fourth-order valence-electron chi connectivity index (χ4n) is 2.48. The van der Waals surface area contributed by atoms with Crippen LogP contribution in [0, 0.1) is 0 Å². The van der Waals surface area contributed by atoms with Crippen molar-refractivity contribution in [3.8, 4) is 11.5 Å². The SMILES string of the molecule is CCOc1cc([C@H]2[NH2+][C@@H](C(=O)[O-])CS2)ccc1OC(=O)c1cccs1. The zero-order chi connectivity index (χ0) is 17.8. The van der Waals surface area contributed by atoms with Crippen LogP contribution in [-0.2, 0) is 4.79 Å². The molecule has 0 spiro atoms. The monoisotopic (exact) mass is 379 g/mol. The highest BCUT2D eigenvalue weighted by atomic mass is 32.2. The first-order valence-electron chi connectivity index (χ1n) is 7.78. The van der Waals surface area contributed by atoms with Gasteiger partial charge in [-0.25, -0.2) is 4.79 Å². The van der Waals surface area contributed by atoms with Gasteiger partial charge >= 0.3 is 5.97 Å². The lowest BCUT2D eigenvalue weighted by molar-refractivity contribution is -0.690. The third-order valence-corrected chi connectivity index (χ3v) is 5.88. The smallest absolute Gasteiger partial charge is 0.353 e.